The van der Waals surface area contributed by atoms with Crippen LogP contribution in [0.15, 0.2) is 12.1 Å². The fourth-order valence-corrected chi connectivity index (χ4v) is 2.38. The zero-order valence-corrected chi connectivity index (χ0v) is 12.2. The van der Waals surface area contributed by atoms with Crippen LogP contribution in [-0.2, 0) is 6.42 Å². The first-order valence-electron chi connectivity index (χ1n) is 5.86. The summed E-state index contributed by atoms with van der Waals surface area (Å²) in [4.78, 5) is 20.3. The molecule has 5 nitrogen and oxygen atoms in total. The van der Waals surface area contributed by atoms with Gasteiger partial charge >= 0.3 is 0 Å². The number of hydrogen-bond acceptors (Lipinski definition) is 5. The van der Waals surface area contributed by atoms with Crippen molar-refractivity contribution in [3.05, 3.63) is 34.4 Å². The molecule has 0 aliphatic carbocycles. The van der Waals surface area contributed by atoms with E-state index in [2.05, 4.69) is 19.7 Å². The van der Waals surface area contributed by atoms with E-state index in [4.69, 9.17) is 11.6 Å². The van der Waals surface area contributed by atoms with Crippen LogP contribution in [-0.4, -0.2) is 20.2 Å². The summed E-state index contributed by atoms with van der Waals surface area (Å²) in [6.45, 7) is 3.82. The number of hydrogen-bond donors (Lipinski definition) is 1. The molecule has 7 heteroatoms. The topological polar surface area (TPSA) is 67.8 Å². The maximum Gasteiger partial charge on any atom is 0.257 e. The van der Waals surface area contributed by atoms with Crippen molar-refractivity contribution in [2.75, 3.05) is 5.32 Å². The van der Waals surface area contributed by atoms with Crippen molar-refractivity contribution in [1.29, 1.82) is 0 Å². The molecule has 0 aromatic carbocycles. The Kier molecular flexibility index (Phi) is 4.44. The minimum Gasteiger partial charge on any atom is -0.297 e. The van der Waals surface area contributed by atoms with Crippen LogP contribution >= 0.6 is 23.1 Å². The minimum atomic E-state index is -0.252. The predicted molar refractivity (Wildman–Crippen MR) is 75.8 cm³/mol. The van der Waals surface area contributed by atoms with Crippen molar-refractivity contribution < 1.29 is 4.79 Å². The number of pyridine rings is 1. The molecule has 0 spiro atoms. The first-order valence-corrected chi connectivity index (χ1v) is 7.01. The molecule has 19 heavy (non-hydrogen) atoms. The summed E-state index contributed by atoms with van der Waals surface area (Å²) in [5, 5.41) is 3.50. The van der Waals surface area contributed by atoms with Gasteiger partial charge in [0.15, 0.2) is 0 Å². The van der Waals surface area contributed by atoms with Crippen LogP contribution in [0.25, 0.3) is 0 Å². The van der Waals surface area contributed by atoms with Gasteiger partial charge in [0.1, 0.15) is 11.0 Å². The molecular weight excluding hydrogens is 284 g/mol. The Hall–Kier alpha value is -1.53. The Bertz CT molecular complexity index is 599. The first-order chi connectivity index (χ1) is 9.08. The number of carbonyl (C=O) groups is 1. The Labute approximate surface area is 120 Å². The van der Waals surface area contributed by atoms with Crippen LogP contribution < -0.4 is 5.32 Å². The van der Waals surface area contributed by atoms with Crippen molar-refractivity contribution in [1.82, 2.24) is 14.3 Å². The van der Waals surface area contributed by atoms with Gasteiger partial charge in [-0.3, -0.25) is 10.1 Å². The number of nitrogens with zero attached hydrogens (tertiary/aromatic N) is 3. The van der Waals surface area contributed by atoms with Gasteiger partial charge in [0.2, 0.25) is 5.13 Å². The predicted octanol–water partition coefficient (Wildman–Crippen LogP) is 3.10. The Morgan fingerprint density at radius 2 is 2.21 bits per heavy atom. The number of nitrogens with one attached hydrogen (secondary N) is 1. The number of amides is 1. The summed E-state index contributed by atoms with van der Waals surface area (Å²) in [5.74, 6) is 0.387. The third-order valence-corrected chi connectivity index (χ3v) is 3.28. The van der Waals surface area contributed by atoms with E-state index in [9.17, 15) is 4.79 Å². The van der Waals surface area contributed by atoms with Crippen molar-refractivity contribution in [2.24, 2.45) is 0 Å². The van der Waals surface area contributed by atoms with Crippen LogP contribution in [0.1, 0.15) is 35.2 Å². The molecular formula is C12H13ClN4OS. The third-order valence-electron chi connectivity index (χ3n) is 2.36. The summed E-state index contributed by atoms with van der Waals surface area (Å²) < 4.78 is 4.01. The van der Waals surface area contributed by atoms with E-state index in [1.54, 1.807) is 19.1 Å². The van der Waals surface area contributed by atoms with Crippen LogP contribution in [0, 0.1) is 6.92 Å². The second kappa shape index (κ2) is 6.08. The monoisotopic (exact) mass is 296 g/mol. The molecule has 2 aromatic heterocycles. The number of halogens is 1. The maximum absolute atomic E-state index is 12.1. The lowest BCUT2D eigenvalue weighted by Gasteiger charge is -2.04. The van der Waals surface area contributed by atoms with Crippen LogP contribution in [0.3, 0.4) is 0 Å². The van der Waals surface area contributed by atoms with E-state index in [-0.39, 0.29) is 5.91 Å². The Morgan fingerprint density at radius 1 is 1.42 bits per heavy atom. The summed E-state index contributed by atoms with van der Waals surface area (Å²) in [7, 11) is 0. The Morgan fingerprint density at radius 3 is 2.84 bits per heavy atom. The van der Waals surface area contributed by atoms with Crippen LogP contribution in [0.4, 0.5) is 5.13 Å². The standard InChI is InChI=1S/C12H13ClN4OS/c1-3-4-9-5-8(6-10(13)15-9)11(18)16-12-14-7(2)17-19-12/h5-6H,3-4H2,1-2H3,(H,14,16,17,18). The molecule has 0 bridgehead atoms. The van der Waals surface area contributed by atoms with Crippen molar-refractivity contribution in [3.63, 3.8) is 0 Å². The van der Waals surface area contributed by atoms with Crippen molar-refractivity contribution >= 4 is 34.2 Å². The van der Waals surface area contributed by atoms with Gasteiger partial charge in [0.25, 0.3) is 5.91 Å². The second-order valence-corrected chi connectivity index (χ2v) is 5.16. The quantitative estimate of drug-likeness (QED) is 0.880. The molecule has 2 rings (SSSR count). The van der Waals surface area contributed by atoms with Gasteiger partial charge in [0.05, 0.1) is 0 Å². The molecule has 0 aliphatic rings. The highest BCUT2D eigenvalue weighted by Gasteiger charge is 2.11. The lowest BCUT2D eigenvalue weighted by atomic mass is 10.1. The normalized spacial score (nSPS) is 10.5. The van der Waals surface area contributed by atoms with Crippen molar-refractivity contribution in [3.8, 4) is 0 Å². The SMILES string of the molecule is CCCc1cc(C(=O)Nc2nc(C)ns2)cc(Cl)n1. The highest BCUT2D eigenvalue weighted by atomic mass is 35.5. The largest absolute Gasteiger partial charge is 0.297 e. The van der Waals surface area contributed by atoms with Gasteiger partial charge < -0.3 is 0 Å². The molecule has 0 atom stereocenters. The Balaban J connectivity index is 2.18. The lowest BCUT2D eigenvalue weighted by Crippen LogP contribution is -2.12. The second-order valence-electron chi connectivity index (χ2n) is 4.02. The average molecular weight is 297 g/mol. The molecule has 100 valence electrons. The molecule has 0 radical (unpaired) electrons. The summed E-state index contributed by atoms with van der Waals surface area (Å²) >= 11 is 7.07. The van der Waals surface area contributed by atoms with Gasteiger partial charge in [0, 0.05) is 22.8 Å². The molecule has 0 saturated heterocycles. The number of carbonyl (C=O) groups excluding carboxylic acids is 1. The number of rotatable bonds is 4. The van der Waals surface area contributed by atoms with E-state index >= 15 is 0 Å². The number of anilines is 1. The third kappa shape index (κ3) is 3.71. The van der Waals surface area contributed by atoms with E-state index in [0.717, 1.165) is 30.1 Å². The average Bonchev–Trinajstić information content (AvgIpc) is 2.74. The van der Waals surface area contributed by atoms with Gasteiger partial charge in [-0.15, -0.1) is 0 Å². The van der Waals surface area contributed by atoms with Crippen molar-refractivity contribution in [2.45, 2.75) is 26.7 Å². The number of aryl methyl sites for hydroxylation is 2. The van der Waals surface area contributed by atoms with E-state index in [1.165, 1.54) is 0 Å². The molecule has 2 heterocycles. The zero-order valence-electron chi connectivity index (χ0n) is 10.6. The molecule has 0 fully saturated rings. The van der Waals surface area contributed by atoms with Gasteiger partial charge in [-0.25, -0.2) is 9.97 Å². The molecule has 1 amide bonds. The van der Waals surface area contributed by atoms with Crippen LogP contribution in [0.2, 0.25) is 5.15 Å². The smallest absolute Gasteiger partial charge is 0.257 e. The highest BCUT2D eigenvalue weighted by molar-refractivity contribution is 7.09. The first kappa shape index (κ1) is 13.9. The molecule has 0 unspecified atom stereocenters. The molecule has 2 aromatic rings. The fourth-order valence-electron chi connectivity index (χ4n) is 1.58. The molecule has 0 aliphatic heterocycles. The summed E-state index contributed by atoms with van der Waals surface area (Å²) in [6, 6.07) is 3.29. The fraction of sp³-hybridized carbons (Fsp3) is 0.333. The van der Waals surface area contributed by atoms with Gasteiger partial charge in [-0.2, -0.15) is 4.37 Å². The van der Waals surface area contributed by atoms with E-state index in [0.29, 0.717) is 21.7 Å². The summed E-state index contributed by atoms with van der Waals surface area (Å²) in [5.41, 5.74) is 1.30. The molecule has 0 saturated carbocycles. The van der Waals surface area contributed by atoms with Gasteiger partial charge in [-0.1, -0.05) is 24.9 Å². The van der Waals surface area contributed by atoms with E-state index in [1.807, 2.05) is 6.92 Å². The summed E-state index contributed by atoms with van der Waals surface area (Å²) in [6.07, 6.45) is 1.74. The maximum atomic E-state index is 12.1. The minimum absolute atomic E-state index is 0.252. The zero-order chi connectivity index (χ0) is 13.8. The number of aromatic nitrogens is 3. The lowest BCUT2D eigenvalue weighted by molar-refractivity contribution is 0.102. The van der Waals surface area contributed by atoms with E-state index < -0.39 is 0 Å². The van der Waals surface area contributed by atoms with Gasteiger partial charge in [-0.05, 0) is 25.5 Å². The highest BCUT2D eigenvalue weighted by Crippen LogP contribution is 2.16. The van der Waals surface area contributed by atoms with Crippen LogP contribution in [0.5, 0.6) is 0 Å². The molecule has 1 N–H and O–H groups in total.